The van der Waals surface area contributed by atoms with E-state index in [2.05, 4.69) is 19.9 Å². The highest BCUT2D eigenvalue weighted by Gasteiger charge is 2.37. The fourth-order valence-corrected chi connectivity index (χ4v) is 3.14. The highest BCUT2D eigenvalue weighted by atomic mass is 16.3. The van der Waals surface area contributed by atoms with Crippen molar-refractivity contribution >= 4 is 0 Å². The van der Waals surface area contributed by atoms with Crippen LogP contribution in [-0.2, 0) is 0 Å². The Kier molecular flexibility index (Phi) is 13.9. The van der Waals surface area contributed by atoms with Gasteiger partial charge in [0.15, 0.2) is 6.10 Å². The number of rotatable bonds is 15. The maximum Gasteiger partial charge on any atom is 0.159 e. The summed E-state index contributed by atoms with van der Waals surface area (Å²) in [6.45, 7) is 4.40. The largest absolute Gasteiger partial charge is 0.376 e. The van der Waals surface area contributed by atoms with Gasteiger partial charge in [-0.3, -0.25) is 0 Å². The molecule has 0 aromatic rings. The minimum absolute atomic E-state index is 0.652. The van der Waals surface area contributed by atoms with Crippen LogP contribution < -0.4 is 0 Å². The molecule has 0 aliphatic carbocycles. The minimum atomic E-state index is -1.15. The highest BCUT2D eigenvalue weighted by Crippen LogP contribution is 2.35. The average molecular weight is 321 g/mol. The van der Waals surface area contributed by atoms with Gasteiger partial charge in [0, 0.05) is 0 Å². The number of aliphatic hydroxyl groups is 1. The van der Waals surface area contributed by atoms with Crippen molar-refractivity contribution in [2.24, 2.45) is 5.41 Å². The Bertz CT molecular complexity index is 338. The first-order chi connectivity index (χ1) is 11.2. The molecule has 0 aliphatic heterocycles. The van der Waals surface area contributed by atoms with Gasteiger partial charge < -0.3 is 5.11 Å². The third kappa shape index (κ3) is 9.62. The standard InChI is InChI=1S/C20H36N2O/c1-3-5-7-9-11-13-15-20(18-22,19(23)17-21)16-14-12-10-8-6-4-2/h19,23H,3-16H2,1-2H3. The van der Waals surface area contributed by atoms with Crippen molar-refractivity contribution in [2.45, 2.75) is 110 Å². The second-order valence-corrected chi connectivity index (χ2v) is 6.84. The van der Waals surface area contributed by atoms with Gasteiger partial charge in [-0.2, -0.15) is 10.5 Å². The molecule has 1 N–H and O–H groups in total. The van der Waals surface area contributed by atoms with E-state index in [1.165, 1.54) is 51.4 Å². The molecular weight excluding hydrogens is 284 g/mol. The maximum atomic E-state index is 10.1. The van der Waals surface area contributed by atoms with Crippen LogP contribution in [0.2, 0.25) is 0 Å². The Morgan fingerprint density at radius 2 is 1.13 bits per heavy atom. The first kappa shape index (κ1) is 21.9. The van der Waals surface area contributed by atoms with E-state index in [0.717, 1.165) is 25.7 Å². The SMILES string of the molecule is CCCCCCCCC(C#N)(CCCCCCCC)C(O)C#N. The average Bonchev–Trinajstić information content (AvgIpc) is 2.58. The monoisotopic (exact) mass is 320 g/mol. The van der Waals surface area contributed by atoms with Crippen molar-refractivity contribution in [3.8, 4) is 12.1 Å². The summed E-state index contributed by atoms with van der Waals surface area (Å²) in [5.41, 5.74) is -0.857. The molecule has 3 nitrogen and oxygen atoms in total. The molecule has 0 saturated carbocycles. The van der Waals surface area contributed by atoms with Crippen molar-refractivity contribution in [3.05, 3.63) is 0 Å². The molecule has 0 saturated heterocycles. The first-order valence-electron chi connectivity index (χ1n) is 9.65. The molecule has 0 aliphatic rings. The Labute approximate surface area is 143 Å². The van der Waals surface area contributed by atoms with Crippen molar-refractivity contribution in [1.29, 1.82) is 10.5 Å². The van der Waals surface area contributed by atoms with Gasteiger partial charge in [-0.05, 0) is 12.8 Å². The van der Waals surface area contributed by atoms with Crippen LogP contribution in [-0.4, -0.2) is 11.2 Å². The van der Waals surface area contributed by atoms with Gasteiger partial charge in [0.2, 0.25) is 0 Å². The van der Waals surface area contributed by atoms with Crippen LogP contribution in [0.25, 0.3) is 0 Å². The number of hydrogen-bond acceptors (Lipinski definition) is 3. The molecule has 0 amide bonds. The molecule has 0 fully saturated rings. The van der Waals surface area contributed by atoms with Gasteiger partial charge in [0.05, 0.1) is 17.6 Å². The third-order valence-corrected chi connectivity index (χ3v) is 4.82. The van der Waals surface area contributed by atoms with Crippen molar-refractivity contribution in [2.75, 3.05) is 0 Å². The van der Waals surface area contributed by atoms with E-state index >= 15 is 0 Å². The molecule has 0 bridgehead atoms. The molecular formula is C20H36N2O. The Balaban J connectivity index is 4.26. The lowest BCUT2D eigenvalue weighted by Gasteiger charge is -2.28. The van der Waals surface area contributed by atoms with Gasteiger partial charge >= 0.3 is 0 Å². The number of unbranched alkanes of at least 4 members (excludes halogenated alkanes) is 10. The van der Waals surface area contributed by atoms with Crippen molar-refractivity contribution in [3.63, 3.8) is 0 Å². The maximum absolute atomic E-state index is 10.1. The summed E-state index contributed by atoms with van der Waals surface area (Å²) < 4.78 is 0. The zero-order chi connectivity index (χ0) is 17.4. The lowest BCUT2D eigenvalue weighted by atomic mass is 9.75. The first-order valence-corrected chi connectivity index (χ1v) is 9.65. The second-order valence-electron chi connectivity index (χ2n) is 6.84. The molecule has 0 spiro atoms. The third-order valence-electron chi connectivity index (χ3n) is 4.82. The van der Waals surface area contributed by atoms with Gasteiger partial charge in [0.1, 0.15) is 0 Å². The van der Waals surface area contributed by atoms with Crippen LogP contribution in [0.3, 0.4) is 0 Å². The number of aliphatic hydroxyl groups excluding tert-OH is 1. The topological polar surface area (TPSA) is 67.8 Å². The van der Waals surface area contributed by atoms with E-state index in [9.17, 15) is 10.4 Å². The summed E-state index contributed by atoms with van der Waals surface area (Å²) in [5.74, 6) is 0. The molecule has 0 radical (unpaired) electrons. The quantitative estimate of drug-likeness (QED) is 0.302. The summed E-state index contributed by atoms with van der Waals surface area (Å²) in [4.78, 5) is 0. The fourth-order valence-electron chi connectivity index (χ4n) is 3.14. The zero-order valence-electron chi connectivity index (χ0n) is 15.3. The molecule has 3 heteroatoms. The summed E-state index contributed by atoms with van der Waals surface area (Å²) in [6.07, 6.45) is 14.1. The zero-order valence-corrected chi connectivity index (χ0v) is 15.3. The van der Waals surface area contributed by atoms with Gasteiger partial charge in [-0.15, -0.1) is 0 Å². The molecule has 23 heavy (non-hydrogen) atoms. The Morgan fingerprint density at radius 1 is 0.739 bits per heavy atom. The molecule has 0 heterocycles. The van der Waals surface area contributed by atoms with Gasteiger partial charge in [-0.25, -0.2) is 0 Å². The van der Waals surface area contributed by atoms with Crippen LogP contribution >= 0.6 is 0 Å². The van der Waals surface area contributed by atoms with Crippen molar-refractivity contribution < 1.29 is 5.11 Å². The molecule has 0 aromatic carbocycles. The van der Waals surface area contributed by atoms with E-state index in [1.54, 1.807) is 0 Å². The van der Waals surface area contributed by atoms with E-state index in [1.807, 2.05) is 6.07 Å². The lowest BCUT2D eigenvalue weighted by Crippen LogP contribution is -2.33. The molecule has 0 rings (SSSR count). The smallest absolute Gasteiger partial charge is 0.159 e. The van der Waals surface area contributed by atoms with Crippen LogP contribution in [0.1, 0.15) is 104 Å². The van der Waals surface area contributed by atoms with E-state index in [4.69, 9.17) is 5.26 Å². The number of nitriles is 2. The van der Waals surface area contributed by atoms with Gasteiger partial charge in [0.25, 0.3) is 0 Å². The molecule has 132 valence electrons. The molecule has 0 aromatic heterocycles. The van der Waals surface area contributed by atoms with E-state index in [-0.39, 0.29) is 0 Å². The summed E-state index contributed by atoms with van der Waals surface area (Å²) in [7, 11) is 0. The van der Waals surface area contributed by atoms with Crippen LogP contribution in [0.15, 0.2) is 0 Å². The Morgan fingerprint density at radius 3 is 1.48 bits per heavy atom. The van der Waals surface area contributed by atoms with E-state index < -0.39 is 11.5 Å². The molecule has 1 atom stereocenters. The van der Waals surface area contributed by atoms with Crippen LogP contribution in [0.5, 0.6) is 0 Å². The number of nitrogens with zero attached hydrogens (tertiary/aromatic N) is 2. The molecule has 1 unspecified atom stereocenters. The summed E-state index contributed by atoms with van der Waals surface area (Å²) in [5, 5.41) is 28.8. The summed E-state index contributed by atoms with van der Waals surface area (Å²) >= 11 is 0. The second kappa shape index (κ2) is 14.5. The normalized spacial score (nSPS) is 12.6. The van der Waals surface area contributed by atoms with Crippen LogP contribution in [0, 0.1) is 28.1 Å². The predicted molar refractivity (Wildman–Crippen MR) is 95.7 cm³/mol. The lowest BCUT2D eigenvalue weighted by molar-refractivity contribution is 0.0913. The fraction of sp³-hybridized carbons (Fsp3) is 0.900. The van der Waals surface area contributed by atoms with E-state index in [0.29, 0.717) is 12.8 Å². The highest BCUT2D eigenvalue weighted by molar-refractivity contribution is 5.10. The number of hydrogen-bond donors (Lipinski definition) is 1. The predicted octanol–water partition coefficient (Wildman–Crippen LogP) is 5.88. The van der Waals surface area contributed by atoms with Crippen LogP contribution in [0.4, 0.5) is 0 Å². The Hall–Kier alpha value is -1.06. The summed E-state index contributed by atoms with van der Waals surface area (Å²) in [6, 6.07) is 4.21. The van der Waals surface area contributed by atoms with Gasteiger partial charge in [-0.1, -0.05) is 90.9 Å². The van der Waals surface area contributed by atoms with Crippen molar-refractivity contribution in [1.82, 2.24) is 0 Å². The minimum Gasteiger partial charge on any atom is -0.376 e.